The van der Waals surface area contributed by atoms with Gasteiger partial charge in [-0.3, -0.25) is 4.98 Å². The molecule has 1 heterocycles. The first-order valence-corrected chi connectivity index (χ1v) is 7.34. The van der Waals surface area contributed by atoms with Crippen LogP contribution in [0.4, 0.5) is 5.69 Å². The van der Waals surface area contributed by atoms with E-state index in [1.807, 2.05) is 23.9 Å². The minimum atomic E-state index is 0.344. The van der Waals surface area contributed by atoms with Gasteiger partial charge in [-0.2, -0.15) is 11.8 Å². The van der Waals surface area contributed by atoms with Crippen LogP contribution in [0.25, 0.3) is 0 Å². The standard InChI is InChI=1S/C12H19N3S2/c1-9(5-7-17-3)15(2)10-4-6-14-11(8-10)12(13)16/h4,6,8-9H,5,7H2,1-3H3,(H2,13,16). The first-order valence-electron chi connectivity index (χ1n) is 5.54. The highest BCUT2D eigenvalue weighted by molar-refractivity contribution is 7.98. The maximum atomic E-state index is 5.59. The van der Waals surface area contributed by atoms with Crippen molar-refractivity contribution in [2.45, 2.75) is 19.4 Å². The molecule has 1 unspecified atom stereocenters. The van der Waals surface area contributed by atoms with Gasteiger partial charge in [-0.1, -0.05) is 12.2 Å². The molecule has 0 aliphatic carbocycles. The van der Waals surface area contributed by atoms with Gasteiger partial charge < -0.3 is 10.6 Å². The van der Waals surface area contributed by atoms with Crippen LogP contribution in [0, 0.1) is 0 Å². The summed E-state index contributed by atoms with van der Waals surface area (Å²) < 4.78 is 0. The molecule has 0 bridgehead atoms. The summed E-state index contributed by atoms with van der Waals surface area (Å²) in [4.78, 5) is 6.73. The highest BCUT2D eigenvalue weighted by Gasteiger charge is 2.10. The Morgan fingerprint density at radius 3 is 2.94 bits per heavy atom. The van der Waals surface area contributed by atoms with Crippen molar-refractivity contribution in [3.05, 3.63) is 24.0 Å². The van der Waals surface area contributed by atoms with Crippen molar-refractivity contribution in [3.63, 3.8) is 0 Å². The predicted molar refractivity (Wildman–Crippen MR) is 81.0 cm³/mol. The number of thioether (sulfide) groups is 1. The lowest BCUT2D eigenvalue weighted by molar-refractivity contribution is 0.669. The lowest BCUT2D eigenvalue weighted by Gasteiger charge is -2.27. The molecule has 0 fully saturated rings. The van der Waals surface area contributed by atoms with E-state index < -0.39 is 0 Å². The fourth-order valence-electron chi connectivity index (χ4n) is 1.51. The van der Waals surface area contributed by atoms with Gasteiger partial charge in [0.05, 0.1) is 5.69 Å². The molecule has 0 radical (unpaired) electrons. The third-order valence-electron chi connectivity index (χ3n) is 2.80. The van der Waals surface area contributed by atoms with Gasteiger partial charge in [0.1, 0.15) is 4.99 Å². The van der Waals surface area contributed by atoms with Crippen LogP contribution in [0.15, 0.2) is 18.3 Å². The number of thiocarbonyl (C=S) groups is 1. The van der Waals surface area contributed by atoms with E-state index in [0.717, 1.165) is 12.1 Å². The molecule has 3 nitrogen and oxygen atoms in total. The molecule has 0 amide bonds. The van der Waals surface area contributed by atoms with Crippen molar-refractivity contribution in [1.29, 1.82) is 0 Å². The molecule has 5 heteroatoms. The summed E-state index contributed by atoms with van der Waals surface area (Å²) in [5, 5.41) is 0. The molecule has 1 aromatic heterocycles. The second-order valence-electron chi connectivity index (χ2n) is 4.00. The molecular formula is C12H19N3S2. The molecule has 0 aromatic carbocycles. The van der Waals surface area contributed by atoms with Gasteiger partial charge in [0.15, 0.2) is 0 Å². The zero-order chi connectivity index (χ0) is 12.8. The molecule has 0 saturated heterocycles. The SMILES string of the molecule is CSCCC(C)N(C)c1ccnc(C(N)=S)c1. The van der Waals surface area contributed by atoms with Gasteiger partial charge in [-0.15, -0.1) is 0 Å². The molecular weight excluding hydrogens is 250 g/mol. The summed E-state index contributed by atoms with van der Waals surface area (Å²) in [6.45, 7) is 2.22. The first kappa shape index (κ1) is 14.3. The van der Waals surface area contributed by atoms with E-state index in [2.05, 4.69) is 30.1 Å². The average Bonchev–Trinajstić information content (AvgIpc) is 2.35. The van der Waals surface area contributed by atoms with Crippen LogP contribution in [0.2, 0.25) is 0 Å². The number of rotatable bonds is 6. The summed E-state index contributed by atoms with van der Waals surface area (Å²) in [7, 11) is 2.09. The van der Waals surface area contributed by atoms with E-state index in [1.54, 1.807) is 6.20 Å². The fraction of sp³-hybridized carbons (Fsp3) is 0.500. The van der Waals surface area contributed by atoms with Crippen molar-refractivity contribution in [2.75, 3.05) is 24.0 Å². The summed E-state index contributed by atoms with van der Waals surface area (Å²) in [5.74, 6) is 1.17. The van der Waals surface area contributed by atoms with Gasteiger partial charge in [0, 0.05) is 25.0 Å². The number of nitrogens with zero attached hydrogens (tertiary/aromatic N) is 2. The molecule has 0 saturated carbocycles. The van der Waals surface area contributed by atoms with E-state index in [0.29, 0.717) is 16.7 Å². The topological polar surface area (TPSA) is 42.2 Å². The largest absolute Gasteiger partial charge is 0.388 e. The van der Waals surface area contributed by atoms with Gasteiger partial charge in [-0.05, 0) is 37.5 Å². The number of hydrogen-bond acceptors (Lipinski definition) is 4. The quantitative estimate of drug-likeness (QED) is 0.803. The van der Waals surface area contributed by atoms with Crippen LogP contribution in [-0.2, 0) is 0 Å². The number of anilines is 1. The van der Waals surface area contributed by atoms with Gasteiger partial charge >= 0.3 is 0 Å². The Hall–Kier alpha value is -0.810. The van der Waals surface area contributed by atoms with Gasteiger partial charge in [0.25, 0.3) is 0 Å². The molecule has 1 atom stereocenters. The Morgan fingerprint density at radius 2 is 2.35 bits per heavy atom. The maximum Gasteiger partial charge on any atom is 0.122 e. The van der Waals surface area contributed by atoms with Crippen LogP contribution >= 0.6 is 24.0 Å². The highest BCUT2D eigenvalue weighted by Crippen LogP contribution is 2.17. The van der Waals surface area contributed by atoms with E-state index in [9.17, 15) is 0 Å². The molecule has 1 aromatic rings. The Bertz CT molecular complexity index is 382. The van der Waals surface area contributed by atoms with E-state index in [4.69, 9.17) is 18.0 Å². The molecule has 0 aliphatic heterocycles. The van der Waals surface area contributed by atoms with Crippen LogP contribution in [-0.4, -0.2) is 35.1 Å². The highest BCUT2D eigenvalue weighted by atomic mass is 32.2. The average molecular weight is 269 g/mol. The Balaban J connectivity index is 2.77. The minimum Gasteiger partial charge on any atom is -0.388 e. The summed E-state index contributed by atoms with van der Waals surface area (Å²) in [6.07, 6.45) is 5.04. The second-order valence-corrected chi connectivity index (χ2v) is 5.43. The third kappa shape index (κ3) is 4.16. The zero-order valence-electron chi connectivity index (χ0n) is 10.5. The molecule has 17 heavy (non-hydrogen) atoms. The van der Waals surface area contributed by atoms with Crippen LogP contribution < -0.4 is 10.6 Å². The van der Waals surface area contributed by atoms with Crippen molar-refractivity contribution < 1.29 is 0 Å². The van der Waals surface area contributed by atoms with E-state index in [1.165, 1.54) is 5.75 Å². The molecule has 94 valence electrons. The van der Waals surface area contributed by atoms with Crippen molar-refractivity contribution in [2.24, 2.45) is 5.73 Å². The fourth-order valence-corrected chi connectivity index (χ4v) is 2.20. The van der Waals surface area contributed by atoms with Crippen molar-refractivity contribution in [3.8, 4) is 0 Å². The Morgan fingerprint density at radius 1 is 1.65 bits per heavy atom. The lowest BCUT2D eigenvalue weighted by atomic mass is 10.2. The second kappa shape index (κ2) is 6.81. The summed E-state index contributed by atoms with van der Waals surface area (Å²) in [6, 6.07) is 4.42. The monoisotopic (exact) mass is 269 g/mol. The summed E-state index contributed by atoms with van der Waals surface area (Å²) >= 11 is 6.81. The molecule has 0 aliphatic rings. The van der Waals surface area contributed by atoms with Crippen molar-refractivity contribution in [1.82, 2.24) is 4.98 Å². The van der Waals surface area contributed by atoms with Gasteiger partial charge in [0.2, 0.25) is 0 Å². The third-order valence-corrected chi connectivity index (χ3v) is 3.66. The van der Waals surface area contributed by atoms with Crippen LogP contribution in [0.1, 0.15) is 19.0 Å². The van der Waals surface area contributed by atoms with Crippen molar-refractivity contribution >= 4 is 34.7 Å². The minimum absolute atomic E-state index is 0.344. The number of pyridine rings is 1. The smallest absolute Gasteiger partial charge is 0.122 e. The van der Waals surface area contributed by atoms with E-state index >= 15 is 0 Å². The molecule has 0 spiro atoms. The Labute approximate surface area is 113 Å². The number of nitrogens with two attached hydrogens (primary N) is 1. The molecule has 1 rings (SSSR count). The molecule has 2 N–H and O–H groups in total. The summed E-state index contributed by atoms with van der Waals surface area (Å²) in [5.41, 5.74) is 7.38. The van der Waals surface area contributed by atoms with Crippen LogP contribution in [0.3, 0.4) is 0 Å². The first-order chi connectivity index (χ1) is 8.06. The number of aromatic nitrogens is 1. The maximum absolute atomic E-state index is 5.59. The normalized spacial score (nSPS) is 12.2. The lowest BCUT2D eigenvalue weighted by Crippen LogP contribution is -2.29. The van der Waals surface area contributed by atoms with Crippen LogP contribution in [0.5, 0.6) is 0 Å². The van der Waals surface area contributed by atoms with E-state index in [-0.39, 0.29) is 0 Å². The zero-order valence-corrected chi connectivity index (χ0v) is 12.1. The van der Waals surface area contributed by atoms with Gasteiger partial charge in [-0.25, -0.2) is 0 Å². The Kier molecular flexibility index (Phi) is 5.71. The number of hydrogen-bond donors (Lipinski definition) is 1. The predicted octanol–water partition coefficient (Wildman–Crippen LogP) is 2.29.